The lowest BCUT2D eigenvalue weighted by atomic mass is 10.1. The fourth-order valence-corrected chi connectivity index (χ4v) is 3.05. The Morgan fingerprint density at radius 3 is 2.43 bits per heavy atom. The molecule has 0 aromatic heterocycles. The van der Waals surface area contributed by atoms with Gasteiger partial charge in [-0.25, -0.2) is 4.99 Å². The van der Waals surface area contributed by atoms with Crippen LogP contribution in [0.25, 0.3) is 6.08 Å². The number of thioether (sulfide) groups is 1. The van der Waals surface area contributed by atoms with Crippen molar-refractivity contribution in [3.63, 3.8) is 0 Å². The summed E-state index contributed by atoms with van der Waals surface area (Å²) in [7, 11) is 0. The number of amidine groups is 1. The van der Waals surface area contributed by atoms with Gasteiger partial charge in [0.05, 0.1) is 10.6 Å². The van der Waals surface area contributed by atoms with Crippen LogP contribution < -0.4 is 5.32 Å². The third kappa shape index (κ3) is 3.71. The molecule has 1 N–H and O–H groups in total. The number of nitrogens with zero attached hydrogens (tertiary/aromatic N) is 1. The monoisotopic (exact) mass is 322 g/mol. The first-order valence-electron chi connectivity index (χ1n) is 7.45. The van der Waals surface area contributed by atoms with Crippen LogP contribution in [0.2, 0.25) is 0 Å². The van der Waals surface area contributed by atoms with E-state index in [9.17, 15) is 4.79 Å². The molecule has 1 amide bonds. The summed E-state index contributed by atoms with van der Waals surface area (Å²) < 4.78 is 0. The maximum atomic E-state index is 12.1. The number of rotatable bonds is 2. The summed E-state index contributed by atoms with van der Waals surface area (Å²) in [4.78, 5) is 17.3. The van der Waals surface area contributed by atoms with Gasteiger partial charge < -0.3 is 5.32 Å². The van der Waals surface area contributed by atoms with E-state index in [1.807, 2.05) is 55.5 Å². The molecule has 2 aromatic rings. The summed E-state index contributed by atoms with van der Waals surface area (Å²) in [5.41, 5.74) is 5.49. The number of amides is 1. The average molecular weight is 322 g/mol. The predicted octanol–water partition coefficient (Wildman–Crippen LogP) is 4.50. The number of nitrogens with one attached hydrogen (secondary N) is 1. The van der Waals surface area contributed by atoms with Crippen LogP contribution in [0.15, 0.2) is 52.4 Å². The summed E-state index contributed by atoms with van der Waals surface area (Å²) in [6, 6.07) is 14.1. The van der Waals surface area contributed by atoms with E-state index in [2.05, 4.69) is 24.2 Å². The first-order valence-corrected chi connectivity index (χ1v) is 8.26. The van der Waals surface area contributed by atoms with Crippen molar-refractivity contribution < 1.29 is 4.79 Å². The highest BCUT2D eigenvalue weighted by Gasteiger charge is 2.23. The normalized spacial score (nSPS) is 17.8. The zero-order valence-corrected chi connectivity index (χ0v) is 14.2. The number of carbonyl (C=O) groups is 1. The van der Waals surface area contributed by atoms with E-state index in [-0.39, 0.29) is 5.91 Å². The third-order valence-electron chi connectivity index (χ3n) is 3.75. The molecule has 0 radical (unpaired) electrons. The van der Waals surface area contributed by atoms with Crippen molar-refractivity contribution in [1.29, 1.82) is 0 Å². The second kappa shape index (κ2) is 6.42. The topological polar surface area (TPSA) is 41.5 Å². The van der Waals surface area contributed by atoms with Crippen molar-refractivity contribution >= 4 is 34.6 Å². The van der Waals surface area contributed by atoms with Gasteiger partial charge in [0.1, 0.15) is 0 Å². The molecule has 3 nitrogen and oxygen atoms in total. The van der Waals surface area contributed by atoms with Crippen molar-refractivity contribution in [3.8, 4) is 0 Å². The molecule has 1 heterocycles. The number of carbonyl (C=O) groups excluding carboxylic acids is 1. The lowest BCUT2D eigenvalue weighted by Crippen LogP contribution is -2.19. The second-order valence-corrected chi connectivity index (χ2v) is 6.69. The SMILES string of the molecule is Cc1ccc(/C=C2/SC(=Nc3ccc(C)c(C)c3)NC2=O)cc1. The van der Waals surface area contributed by atoms with Crippen LogP contribution >= 0.6 is 11.8 Å². The maximum absolute atomic E-state index is 12.1. The van der Waals surface area contributed by atoms with Crippen molar-refractivity contribution in [2.75, 3.05) is 0 Å². The van der Waals surface area contributed by atoms with Crippen molar-refractivity contribution in [2.45, 2.75) is 20.8 Å². The van der Waals surface area contributed by atoms with E-state index in [1.165, 1.54) is 28.5 Å². The summed E-state index contributed by atoms with van der Waals surface area (Å²) in [6.07, 6.45) is 1.89. The minimum Gasteiger partial charge on any atom is -0.300 e. The van der Waals surface area contributed by atoms with Crippen molar-refractivity contribution in [2.24, 2.45) is 4.99 Å². The van der Waals surface area contributed by atoms with Gasteiger partial charge in [-0.05, 0) is 67.4 Å². The van der Waals surface area contributed by atoms with Crippen LogP contribution in [0.4, 0.5) is 5.69 Å². The molecule has 0 spiro atoms. The Bertz CT molecular complexity index is 820. The molecular formula is C19H18N2OS. The molecule has 116 valence electrons. The Morgan fingerprint density at radius 2 is 1.74 bits per heavy atom. The van der Waals surface area contributed by atoms with Gasteiger partial charge in [-0.1, -0.05) is 35.9 Å². The van der Waals surface area contributed by atoms with Gasteiger partial charge >= 0.3 is 0 Å². The number of benzene rings is 2. The Morgan fingerprint density at radius 1 is 1.00 bits per heavy atom. The van der Waals surface area contributed by atoms with E-state index in [0.29, 0.717) is 10.1 Å². The van der Waals surface area contributed by atoms with Gasteiger partial charge in [0, 0.05) is 0 Å². The van der Waals surface area contributed by atoms with Crippen LogP contribution in [-0.2, 0) is 4.79 Å². The summed E-state index contributed by atoms with van der Waals surface area (Å²) in [5, 5.41) is 3.45. The third-order valence-corrected chi connectivity index (χ3v) is 4.66. The highest BCUT2D eigenvalue weighted by molar-refractivity contribution is 8.18. The summed E-state index contributed by atoms with van der Waals surface area (Å²) >= 11 is 1.37. The first-order chi connectivity index (χ1) is 11.0. The Hall–Kier alpha value is -2.33. The molecular weight excluding hydrogens is 304 g/mol. The lowest BCUT2D eigenvalue weighted by molar-refractivity contribution is -0.115. The zero-order valence-electron chi connectivity index (χ0n) is 13.4. The van der Waals surface area contributed by atoms with Crippen molar-refractivity contribution in [1.82, 2.24) is 5.32 Å². The molecule has 1 fully saturated rings. The van der Waals surface area contributed by atoms with Gasteiger partial charge in [-0.15, -0.1) is 0 Å². The van der Waals surface area contributed by atoms with E-state index in [1.54, 1.807) is 0 Å². The molecule has 2 aromatic carbocycles. The number of hydrogen-bond acceptors (Lipinski definition) is 3. The smallest absolute Gasteiger partial charge is 0.264 e. The van der Waals surface area contributed by atoms with Gasteiger partial charge in [-0.3, -0.25) is 4.79 Å². The second-order valence-electron chi connectivity index (χ2n) is 5.66. The van der Waals surface area contributed by atoms with Gasteiger partial charge in [0.25, 0.3) is 5.91 Å². The minimum atomic E-state index is -0.0989. The van der Waals surface area contributed by atoms with Crippen LogP contribution in [-0.4, -0.2) is 11.1 Å². The van der Waals surface area contributed by atoms with Gasteiger partial charge in [0.15, 0.2) is 5.17 Å². The molecule has 3 rings (SSSR count). The largest absolute Gasteiger partial charge is 0.300 e. The zero-order chi connectivity index (χ0) is 16.4. The van der Waals surface area contributed by atoms with E-state index >= 15 is 0 Å². The van der Waals surface area contributed by atoms with E-state index < -0.39 is 0 Å². The lowest BCUT2D eigenvalue weighted by Gasteiger charge is -2.01. The first kappa shape index (κ1) is 15.6. The fraction of sp³-hybridized carbons (Fsp3) is 0.158. The van der Waals surface area contributed by atoms with E-state index in [0.717, 1.165) is 11.3 Å². The highest BCUT2D eigenvalue weighted by Crippen LogP contribution is 2.28. The van der Waals surface area contributed by atoms with Crippen LogP contribution in [0, 0.1) is 20.8 Å². The highest BCUT2D eigenvalue weighted by atomic mass is 32.2. The summed E-state index contributed by atoms with van der Waals surface area (Å²) in [5.74, 6) is -0.0989. The summed E-state index contributed by atoms with van der Waals surface area (Å²) in [6.45, 7) is 6.17. The van der Waals surface area contributed by atoms with Gasteiger partial charge in [0.2, 0.25) is 0 Å². The number of aryl methyl sites for hydroxylation is 3. The standard InChI is InChI=1S/C19H18N2OS/c1-12-4-7-15(8-5-12)11-17-18(22)21-19(23-17)20-16-9-6-13(2)14(3)10-16/h4-11H,1-3H3,(H,20,21,22)/b17-11+. The predicted molar refractivity (Wildman–Crippen MR) is 97.9 cm³/mol. The molecule has 4 heteroatoms. The molecule has 0 aliphatic carbocycles. The maximum Gasteiger partial charge on any atom is 0.264 e. The quantitative estimate of drug-likeness (QED) is 0.827. The molecule has 0 bridgehead atoms. The van der Waals surface area contributed by atoms with Crippen LogP contribution in [0.1, 0.15) is 22.3 Å². The van der Waals surface area contributed by atoms with Crippen LogP contribution in [0.3, 0.4) is 0 Å². The molecule has 0 unspecified atom stereocenters. The minimum absolute atomic E-state index is 0.0989. The Kier molecular flexibility index (Phi) is 4.35. The van der Waals surface area contributed by atoms with E-state index in [4.69, 9.17) is 0 Å². The molecule has 1 saturated heterocycles. The molecule has 23 heavy (non-hydrogen) atoms. The molecule has 1 aliphatic heterocycles. The molecule has 0 saturated carbocycles. The average Bonchev–Trinajstić information content (AvgIpc) is 2.85. The Balaban J connectivity index is 1.82. The molecule has 1 aliphatic rings. The number of aliphatic imine (C=N–C) groups is 1. The fourth-order valence-electron chi connectivity index (χ4n) is 2.21. The van der Waals surface area contributed by atoms with Crippen molar-refractivity contribution in [3.05, 3.63) is 69.6 Å². The van der Waals surface area contributed by atoms with Gasteiger partial charge in [-0.2, -0.15) is 0 Å². The molecule has 0 atom stereocenters. The van der Waals surface area contributed by atoms with Crippen LogP contribution in [0.5, 0.6) is 0 Å². The Labute approximate surface area is 140 Å². The number of hydrogen-bond donors (Lipinski definition) is 1.